The van der Waals surface area contributed by atoms with Gasteiger partial charge < -0.3 is 20.8 Å². The zero-order chi connectivity index (χ0) is 27.2. The van der Waals surface area contributed by atoms with Gasteiger partial charge in [-0.25, -0.2) is 0 Å². The Morgan fingerprint density at radius 2 is 0.378 bits per heavy atom. The largest absolute Gasteiger partial charge is 3.00 e. The van der Waals surface area contributed by atoms with Crippen molar-refractivity contribution < 1.29 is 0 Å². The molecule has 0 heterocycles. The Morgan fingerprint density at radius 3 is 0.514 bits per heavy atom. The predicted octanol–water partition coefficient (Wildman–Crippen LogP) is 13.8. The monoisotopic (exact) mass is 535 g/mol. The van der Waals surface area contributed by atoms with Gasteiger partial charge in [0.25, 0.3) is 0 Å². The maximum Gasteiger partial charge on any atom is 3.00 e. The molecule has 0 spiro atoms. The molecule has 0 N–H and O–H groups in total. The summed E-state index contributed by atoms with van der Waals surface area (Å²) in [5.41, 5.74) is 0. The summed E-state index contributed by atoms with van der Waals surface area (Å²) in [7, 11) is 0. The van der Waals surface area contributed by atoms with Crippen molar-refractivity contribution in [1.82, 2.24) is 0 Å². The van der Waals surface area contributed by atoms with E-state index in [9.17, 15) is 0 Å². The molecule has 0 bridgehead atoms. The van der Waals surface area contributed by atoms with Crippen LogP contribution in [0, 0.1) is 20.8 Å². The minimum absolute atomic E-state index is 0. The predicted molar refractivity (Wildman–Crippen MR) is 177 cm³/mol. The van der Waals surface area contributed by atoms with Gasteiger partial charge >= 0.3 is 17.4 Å². The fourth-order valence-corrected chi connectivity index (χ4v) is 4.46. The van der Waals surface area contributed by atoms with Gasteiger partial charge in [-0.2, -0.15) is 19.3 Å². The first-order chi connectivity index (χ1) is 17.7. The van der Waals surface area contributed by atoms with Crippen LogP contribution in [0.2, 0.25) is 0 Å². The van der Waals surface area contributed by atoms with Gasteiger partial charge in [-0.05, 0) is 0 Å². The molecule has 1 heteroatoms. The van der Waals surface area contributed by atoms with Crippen molar-refractivity contribution in [1.29, 1.82) is 0 Å². The minimum atomic E-state index is 0. The van der Waals surface area contributed by atoms with Gasteiger partial charge in [0.05, 0.1) is 0 Å². The summed E-state index contributed by atoms with van der Waals surface area (Å²) in [6.07, 6.45) is 41.7. The van der Waals surface area contributed by atoms with Crippen LogP contribution in [-0.4, -0.2) is 17.4 Å². The van der Waals surface area contributed by atoms with Crippen LogP contribution in [0.4, 0.5) is 0 Å². The SMILES string of the molecule is [Al+3].[CH2-]CCCCCCCCCCC.[CH2-]CCCCCCCCCCC.[CH2-]CCCCCCCCCCC. The smallest absolute Gasteiger partial charge is 0.343 e. The van der Waals surface area contributed by atoms with Crippen molar-refractivity contribution in [2.75, 3.05) is 0 Å². The molecular weight excluding hydrogens is 459 g/mol. The summed E-state index contributed by atoms with van der Waals surface area (Å²) in [6.45, 7) is 18.3. The number of unbranched alkanes of at least 4 members (excludes halogenated alkanes) is 27. The van der Waals surface area contributed by atoms with E-state index in [1.165, 1.54) is 173 Å². The zero-order valence-corrected chi connectivity index (χ0v) is 28.1. The van der Waals surface area contributed by atoms with E-state index in [0.29, 0.717) is 0 Å². The molecule has 0 rings (SSSR count). The Bertz CT molecular complexity index is 223. The molecule has 0 unspecified atom stereocenters. The molecule has 0 saturated heterocycles. The first kappa shape index (κ1) is 44.5. The van der Waals surface area contributed by atoms with Gasteiger partial charge in [-0.3, -0.25) is 0 Å². The van der Waals surface area contributed by atoms with E-state index in [1.807, 2.05) is 0 Å². The van der Waals surface area contributed by atoms with E-state index in [0.717, 1.165) is 19.3 Å². The summed E-state index contributed by atoms with van der Waals surface area (Å²) >= 11 is 0. The van der Waals surface area contributed by atoms with Crippen molar-refractivity contribution in [2.45, 2.75) is 213 Å². The third kappa shape index (κ3) is 57.5. The van der Waals surface area contributed by atoms with Crippen molar-refractivity contribution in [3.05, 3.63) is 20.8 Å². The Hall–Kier alpha value is 0.532. The van der Waals surface area contributed by atoms with Gasteiger partial charge in [0.15, 0.2) is 0 Å². The molecule has 0 aliphatic carbocycles. The Balaban J connectivity index is -0.000000218. The molecule has 0 fully saturated rings. The minimum Gasteiger partial charge on any atom is -0.343 e. The Morgan fingerprint density at radius 1 is 0.243 bits per heavy atom. The second-order valence-corrected chi connectivity index (χ2v) is 11.0. The third-order valence-corrected chi connectivity index (χ3v) is 7.06. The van der Waals surface area contributed by atoms with Crippen LogP contribution < -0.4 is 0 Å². The summed E-state index contributed by atoms with van der Waals surface area (Å²) < 4.78 is 0. The van der Waals surface area contributed by atoms with Crippen molar-refractivity contribution in [2.24, 2.45) is 0 Å². The molecule has 0 aromatic carbocycles. The summed E-state index contributed by atoms with van der Waals surface area (Å²) in [4.78, 5) is 0. The molecule has 0 amide bonds. The molecule has 0 nitrogen and oxygen atoms in total. The summed E-state index contributed by atoms with van der Waals surface area (Å²) in [5, 5.41) is 0. The summed E-state index contributed by atoms with van der Waals surface area (Å²) in [6, 6.07) is 0. The van der Waals surface area contributed by atoms with E-state index >= 15 is 0 Å². The van der Waals surface area contributed by atoms with Gasteiger partial charge in [0.1, 0.15) is 0 Å². The molecule has 0 aromatic heterocycles. The van der Waals surface area contributed by atoms with Crippen LogP contribution in [0.3, 0.4) is 0 Å². The number of hydrogen-bond acceptors (Lipinski definition) is 0. The maximum atomic E-state index is 3.84. The molecule has 222 valence electrons. The molecular formula is C36H75Al. The summed E-state index contributed by atoms with van der Waals surface area (Å²) in [5.74, 6) is 0. The quantitative estimate of drug-likeness (QED) is 0.0558. The molecule has 0 atom stereocenters. The second kappa shape index (κ2) is 49.5. The fourth-order valence-electron chi connectivity index (χ4n) is 4.46. The fraction of sp³-hybridized carbons (Fsp3) is 0.917. The van der Waals surface area contributed by atoms with Crippen molar-refractivity contribution in [3.8, 4) is 0 Å². The van der Waals surface area contributed by atoms with Gasteiger partial charge in [0.2, 0.25) is 0 Å². The second-order valence-electron chi connectivity index (χ2n) is 11.0. The molecule has 0 saturated carbocycles. The number of rotatable bonds is 27. The van der Waals surface area contributed by atoms with Gasteiger partial charge in [-0.1, -0.05) is 194 Å². The van der Waals surface area contributed by atoms with Crippen LogP contribution >= 0.6 is 0 Å². The Kier molecular flexibility index (Phi) is 59.6. The normalized spacial score (nSPS) is 10.2. The molecule has 0 aromatic rings. The first-order valence-corrected chi connectivity index (χ1v) is 17.1. The van der Waals surface area contributed by atoms with Crippen molar-refractivity contribution >= 4 is 17.4 Å². The van der Waals surface area contributed by atoms with Crippen molar-refractivity contribution in [3.63, 3.8) is 0 Å². The number of hydrogen-bond donors (Lipinski definition) is 0. The molecule has 0 radical (unpaired) electrons. The van der Waals surface area contributed by atoms with Crippen LogP contribution in [0.15, 0.2) is 0 Å². The molecule has 0 aliphatic heterocycles. The average Bonchev–Trinajstić information content (AvgIpc) is 2.90. The standard InChI is InChI=1S/3C12H25.Al/c3*1-3-5-7-9-11-12-10-8-6-4-2;/h3*1,3-12H2,2H3;/q3*-1;+3. The van der Waals surface area contributed by atoms with Crippen LogP contribution in [0.5, 0.6) is 0 Å². The topological polar surface area (TPSA) is 0 Å². The first-order valence-electron chi connectivity index (χ1n) is 17.1. The third-order valence-electron chi connectivity index (χ3n) is 7.06. The van der Waals surface area contributed by atoms with E-state index in [4.69, 9.17) is 0 Å². The van der Waals surface area contributed by atoms with E-state index in [2.05, 4.69) is 41.5 Å². The van der Waals surface area contributed by atoms with Gasteiger partial charge in [-0.15, -0.1) is 0 Å². The Labute approximate surface area is 250 Å². The zero-order valence-electron chi connectivity index (χ0n) is 26.9. The van der Waals surface area contributed by atoms with Crippen LogP contribution in [-0.2, 0) is 0 Å². The maximum absolute atomic E-state index is 3.84. The average molecular weight is 535 g/mol. The van der Waals surface area contributed by atoms with E-state index in [-0.39, 0.29) is 17.4 Å². The van der Waals surface area contributed by atoms with E-state index < -0.39 is 0 Å². The van der Waals surface area contributed by atoms with Crippen LogP contribution in [0.1, 0.15) is 213 Å². The molecule has 37 heavy (non-hydrogen) atoms. The van der Waals surface area contributed by atoms with E-state index in [1.54, 1.807) is 0 Å². The van der Waals surface area contributed by atoms with Gasteiger partial charge in [0, 0.05) is 0 Å². The molecule has 0 aliphatic rings. The van der Waals surface area contributed by atoms with Crippen LogP contribution in [0.25, 0.3) is 0 Å².